The van der Waals surface area contributed by atoms with Crippen molar-refractivity contribution in [1.29, 1.82) is 5.26 Å². The van der Waals surface area contributed by atoms with Crippen LogP contribution in [0.3, 0.4) is 0 Å². The Hall–Kier alpha value is -2.03. The van der Waals surface area contributed by atoms with Crippen LogP contribution in [0, 0.1) is 11.3 Å². The van der Waals surface area contributed by atoms with Gasteiger partial charge in [0.2, 0.25) is 0 Å². The molecule has 1 aliphatic heterocycles. The molecule has 0 spiro atoms. The van der Waals surface area contributed by atoms with Gasteiger partial charge in [0.05, 0.1) is 6.61 Å². The number of rotatable bonds is 2. The standard InChI is InChI=1S/C15H22N2O4/c1-5-20-13(18)12(9-16)11-7-6-8-17(10-11)14(19)21-15(2,3)4/h5-8,10H2,1-4H3. The lowest BCUT2D eigenvalue weighted by molar-refractivity contribution is -0.138. The highest BCUT2D eigenvalue weighted by atomic mass is 16.6. The molecule has 0 aromatic heterocycles. The molecule has 6 nitrogen and oxygen atoms in total. The molecule has 21 heavy (non-hydrogen) atoms. The van der Waals surface area contributed by atoms with Crippen molar-refractivity contribution in [3.8, 4) is 6.07 Å². The number of nitriles is 1. The van der Waals surface area contributed by atoms with Crippen molar-refractivity contribution in [2.24, 2.45) is 0 Å². The zero-order chi connectivity index (χ0) is 16.0. The molecule has 0 atom stereocenters. The van der Waals surface area contributed by atoms with E-state index in [0.29, 0.717) is 25.0 Å². The minimum atomic E-state index is -0.624. The number of hydrogen-bond donors (Lipinski definition) is 0. The molecular formula is C15H22N2O4. The normalized spacial score (nSPS) is 17.8. The molecule has 0 aliphatic carbocycles. The number of amides is 1. The van der Waals surface area contributed by atoms with E-state index in [0.717, 1.165) is 0 Å². The summed E-state index contributed by atoms with van der Waals surface area (Å²) in [6, 6.07) is 1.89. The van der Waals surface area contributed by atoms with Crippen LogP contribution < -0.4 is 0 Å². The first kappa shape index (κ1) is 17.0. The summed E-state index contributed by atoms with van der Waals surface area (Å²) in [5.74, 6) is -0.624. The number of carbonyl (C=O) groups is 2. The smallest absolute Gasteiger partial charge is 0.410 e. The third-order valence-electron chi connectivity index (χ3n) is 2.88. The van der Waals surface area contributed by atoms with Crippen LogP contribution in [0.15, 0.2) is 11.1 Å². The van der Waals surface area contributed by atoms with E-state index < -0.39 is 17.7 Å². The highest BCUT2D eigenvalue weighted by Gasteiger charge is 2.28. The van der Waals surface area contributed by atoms with E-state index in [1.807, 2.05) is 6.07 Å². The van der Waals surface area contributed by atoms with Gasteiger partial charge in [-0.1, -0.05) is 0 Å². The van der Waals surface area contributed by atoms with E-state index in [-0.39, 0.29) is 18.7 Å². The summed E-state index contributed by atoms with van der Waals surface area (Å²) < 4.78 is 10.2. The van der Waals surface area contributed by atoms with Gasteiger partial charge in [0.25, 0.3) is 0 Å². The molecule has 1 fully saturated rings. The summed E-state index contributed by atoms with van der Waals surface area (Å²) in [5.41, 5.74) is 0.0654. The van der Waals surface area contributed by atoms with Crippen molar-refractivity contribution in [2.45, 2.75) is 46.1 Å². The first-order chi connectivity index (χ1) is 9.78. The Bertz CT molecular complexity index is 483. The second-order valence-electron chi connectivity index (χ2n) is 5.82. The van der Waals surface area contributed by atoms with Gasteiger partial charge in [0, 0.05) is 13.1 Å². The van der Waals surface area contributed by atoms with Crippen molar-refractivity contribution in [1.82, 2.24) is 4.90 Å². The van der Waals surface area contributed by atoms with Crippen molar-refractivity contribution >= 4 is 12.1 Å². The van der Waals surface area contributed by atoms with E-state index >= 15 is 0 Å². The molecule has 1 amide bonds. The van der Waals surface area contributed by atoms with Crippen molar-refractivity contribution in [3.63, 3.8) is 0 Å². The Labute approximate surface area is 125 Å². The fourth-order valence-electron chi connectivity index (χ4n) is 2.03. The van der Waals surface area contributed by atoms with Gasteiger partial charge >= 0.3 is 12.1 Å². The molecule has 0 saturated carbocycles. The minimum absolute atomic E-state index is 0.00473. The molecule has 1 saturated heterocycles. The molecule has 1 aliphatic rings. The molecule has 0 unspecified atom stereocenters. The molecule has 1 rings (SSSR count). The maximum atomic E-state index is 12.0. The Morgan fingerprint density at radius 2 is 2.05 bits per heavy atom. The average Bonchev–Trinajstić information content (AvgIpc) is 2.38. The largest absolute Gasteiger partial charge is 0.462 e. The topological polar surface area (TPSA) is 79.6 Å². The van der Waals surface area contributed by atoms with Crippen LogP contribution >= 0.6 is 0 Å². The van der Waals surface area contributed by atoms with E-state index in [1.54, 1.807) is 27.7 Å². The molecule has 0 aromatic carbocycles. The molecular weight excluding hydrogens is 272 g/mol. The van der Waals surface area contributed by atoms with E-state index in [1.165, 1.54) is 4.90 Å². The van der Waals surface area contributed by atoms with Crippen LogP contribution in [0.2, 0.25) is 0 Å². The van der Waals surface area contributed by atoms with Crippen LogP contribution in [0.1, 0.15) is 40.5 Å². The Morgan fingerprint density at radius 3 is 2.57 bits per heavy atom. The van der Waals surface area contributed by atoms with Gasteiger partial charge < -0.3 is 14.4 Å². The predicted octanol–water partition coefficient (Wildman–Crippen LogP) is 2.40. The second kappa shape index (κ2) is 7.11. The quantitative estimate of drug-likeness (QED) is 0.444. The summed E-state index contributed by atoms with van der Waals surface area (Å²) >= 11 is 0. The predicted molar refractivity (Wildman–Crippen MR) is 76.3 cm³/mol. The molecule has 0 aromatic rings. The van der Waals surface area contributed by atoms with E-state index in [9.17, 15) is 9.59 Å². The zero-order valence-corrected chi connectivity index (χ0v) is 13.1. The number of esters is 1. The van der Waals surface area contributed by atoms with E-state index in [4.69, 9.17) is 14.7 Å². The maximum Gasteiger partial charge on any atom is 0.410 e. The van der Waals surface area contributed by atoms with Crippen LogP contribution in [0.4, 0.5) is 4.79 Å². The van der Waals surface area contributed by atoms with Crippen molar-refractivity contribution in [3.05, 3.63) is 11.1 Å². The van der Waals surface area contributed by atoms with Crippen LogP contribution in [0.25, 0.3) is 0 Å². The van der Waals surface area contributed by atoms with Crippen molar-refractivity contribution in [2.75, 3.05) is 19.7 Å². The van der Waals surface area contributed by atoms with Gasteiger partial charge in [-0.15, -0.1) is 0 Å². The fourth-order valence-corrected chi connectivity index (χ4v) is 2.03. The molecule has 0 bridgehead atoms. The Kier molecular flexibility index (Phi) is 5.77. The highest BCUT2D eigenvalue weighted by Crippen LogP contribution is 2.22. The lowest BCUT2D eigenvalue weighted by Crippen LogP contribution is -2.41. The first-order valence-electron chi connectivity index (χ1n) is 7.05. The van der Waals surface area contributed by atoms with Gasteiger partial charge in [-0.05, 0) is 46.1 Å². The lowest BCUT2D eigenvalue weighted by atomic mass is 10.00. The van der Waals surface area contributed by atoms with Gasteiger partial charge in [-0.2, -0.15) is 5.26 Å². The highest BCUT2D eigenvalue weighted by molar-refractivity contribution is 5.93. The van der Waals surface area contributed by atoms with Crippen LogP contribution in [-0.4, -0.2) is 42.3 Å². The first-order valence-corrected chi connectivity index (χ1v) is 7.05. The zero-order valence-electron chi connectivity index (χ0n) is 13.1. The summed E-state index contributed by atoms with van der Waals surface area (Å²) in [5, 5.41) is 9.14. The fraction of sp³-hybridized carbons (Fsp3) is 0.667. The van der Waals surface area contributed by atoms with Gasteiger partial charge in [-0.25, -0.2) is 9.59 Å². The Balaban J connectivity index is 2.86. The third kappa shape index (κ3) is 5.10. The number of piperidine rings is 1. The summed E-state index contributed by atoms with van der Waals surface area (Å²) in [6.07, 6.45) is 0.876. The third-order valence-corrected chi connectivity index (χ3v) is 2.88. The maximum absolute atomic E-state index is 12.0. The molecule has 0 N–H and O–H groups in total. The number of nitrogens with zero attached hydrogens (tertiary/aromatic N) is 2. The molecule has 116 valence electrons. The molecule has 0 radical (unpaired) electrons. The van der Waals surface area contributed by atoms with Crippen LogP contribution in [-0.2, 0) is 14.3 Å². The number of carbonyl (C=O) groups excluding carboxylic acids is 2. The van der Waals surface area contributed by atoms with Gasteiger partial charge in [0.1, 0.15) is 17.2 Å². The summed E-state index contributed by atoms with van der Waals surface area (Å²) in [6.45, 7) is 8.08. The van der Waals surface area contributed by atoms with Gasteiger partial charge in [-0.3, -0.25) is 0 Å². The van der Waals surface area contributed by atoms with E-state index in [2.05, 4.69) is 0 Å². The molecule has 6 heteroatoms. The Morgan fingerprint density at radius 1 is 1.38 bits per heavy atom. The number of likely N-dealkylation sites (tertiary alicyclic amines) is 1. The van der Waals surface area contributed by atoms with Crippen molar-refractivity contribution < 1.29 is 19.1 Å². The van der Waals surface area contributed by atoms with Crippen LogP contribution in [0.5, 0.6) is 0 Å². The second-order valence-corrected chi connectivity index (χ2v) is 5.82. The summed E-state index contributed by atoms with van der Waals surface area (Å²) in [4.78, 5) is 25.3. The lowest BCUT2D eigenvalue weighted by Gasteiger charge is -2.31. The molecule has 1 heterocycles. The monoisotopic (exact) mass is 294 g/mol. The minimum Gasteiger partial charge on any atom is -0.462 e. The SMILES string of the molecule is CCOC(=O)C(C#N)=C1CCCN(C(=O)OC(C)(C)C)C1. The number of ether oxygens (including phenoxy) is 2. The van der Waals surface area contributed by atoms with Gasteiger partial charge in [0.15, 0.2) is 0 Å². The summed E-state index contributed by atoms with van der Waals surface area (Å²) in [7, 11) is 0. The number of hydrogen-bond acceptors (Lipinski definition) is 5. The average molecular weight is 294 g/mol.